The van der Waals surface area contributed by atoms with Crippen molar-refractivity contribution in [3.05, 3.63) is 0 Å². The van der Waals surface area contributed by atoms with Crippen molar-refractivity contribution in [2.24, 2.45) is 0 Å². The maximum absolute atomic E-state index is 8.58. The Morgan fingerprint density at radius 2 is 0.438 bits per heavy atom. The average molecular weight is 460 g/mol. The summed E-state index contributed by atoms with van der Waals surface area (Å²) in [6.45, 7) is 0. The zero-order valence-corrected chi connectivity index (χ0v) is 11.5. The van der Waals surface area contributed by atoms with Crippen LogP contribution in [-0.4, -0.2) is 0 Å². The summed E-state index contributed by atoms with van der Waals surface area (Å²) in [7, 11) is 0. The van der Waals surface area contributed by atoms with Gasteiger partial charge >= 0.3 is 105 Å². The topological polar surface area (TPSA) is 223 Å². The van der Waals surface area contributed by atoms with E-state index in [-0.39, 0.29) is 19.5 Å². The maximum atomic E-state index is 8.58. The van der Waals surface area contributed by atoms with Gasteiger partial charge in [-0.15, -0.1) is 0 Å². The van der Waals surface area contributed by atoms with Crippen molar-refractivity contribution < 1.29 is 105 Å². The minimum atomic E-state index is -5.62. The van der Waals surface area contributed by atoms with Gasteiger partial charge in [-0.25, -0.2) is 0 Å². The summed E-state index contributed by atoms with van der Waals surface area (Å²) in [6, 6.07) is 0. The summed E-state index contributed by atoms with van der Waals surface area (Å²) < 4.78 is 103. The summed E-state index contributed by atoms with van der Waals surface area (Å²) in [5, 5.41) is 0. The summed E-state index contributed by atoms with van der Waals surface area (Å²) in [5.74, 6) is 0. The van der Waals surface area contributed by atoms with Crippen LogP contribution < -0.4 is 12.6 Å². The predicted molar refractivity (Wildman–Crippen MR) is 6.18 cm³/mol. The van der Waals surface area contributed by atoms with E-state index in [0.29, 0.717) is 0 Å². The van der Waals surface area contributed by atoms with Gasteiger partial charge in [0.15, 0.2) is 0 Å². The summed E-state index contributed by atoms with van der Waals surface area (Å²) in [6.07, 6.45) is 0. The van der Waals surface area contributed by atoms with Gasteiger partial charge in [0.05, 0.1) is 0 Å². The molecule has 0 saturated carbocycles. The van der Waals surface area contributed by atoms with Gasteiger partial charge in [-0.2, -0.15) is 0 Å². The Balaban J connectivity index is -0.0000000655. The quantitative estimate of drug-likeness (QED) is 0.312. The van der Waals surface area contributed by atoms with Crippen molar-refractivity contribution in [1.29, 1.82) is 0 Å². The first-order chi connectivity index (χ1) is 6.00. The van der Waals surface area contributed by atoms with E-state index in [9.17, 15) is 0 Å². The monoisotopic (exact) mass is 460 g/mol. The van der Waals surface area contributed by atoms with Crippen molar-refractivity contribution >= 4 is 0 Å². The summed E-state index contributed by atoms with van der Waals surface area (Å²) in [5.41, 5.74) is 0. The van der Waals surface area contributed by atoms with E-state index in [2.05, 4.69) is 0 Å². The molecule has 0 bridgehead atoms. The first-order valence-electron chi connectivity index (χ1n) is 1.85. The van der Waals surface area contributed by atoms with Crippen LogP contribution in [0.3, 0.4) is 0 Å². The van der Waals surface area contributed by atoms with Gasteiger partial charge in [0.1, 0.15) is 0 Å². The Bertz CT molecular complexity index is 480. The fourth-order valence-electron chi connectivity index (χ4n) is 0. The van der Waals surface area contributed by atoms with E-state index in [1.165, 1.54) is 0 Å². The van der Waals surface area contributed by atoms with Crippen molar-refractivity contribution in [3.8, 4) is 0 Å². The molecule has 16 heavy (non-hydrogen) atoms. The van der Waals surface area contributed by atoms with Gasteiger partial charge in [0.2, 0.25) is 0 Å². The zero-order chi connectivity index (χ0) is 13.5. The first kappa shape index (κ1) is 25.2. The van der Waals surface area contributed by atoms with Gasteiger partial charge < -0.3 is 0 Å². The van der Waals surface area contributed by atoms with Crippen molar-refractivity contribution in [2.75, 3.05) is 0 Å². The van der Waals surface area contributed by atoms with E-state index in [4.69, 9.17) is 47.1 Å². The second kappa shape index (κ2) is 9.31. The molecule has 0 N–H and O–H groups in total. The van der Waals surface area contributed by atoms with Crippen LogP contribution in [0, 0.1) is 0 Å². The molecule has 12 nitrogen and oxygen atoms in total. The molecular weight excluding hydrogens is 460 g/mol. The molecule has 0 aliphatic heterocycles. The van der Waals surface area contributed by atoms with E-state index in [1.807, 2.05) is 0 Å². The first-order valence-corrected chi connectivity index (χ1v) is 7.63. The van der Waals surface area contributed by atoms with Gasteiger partial charge in [-0.3, -0.25) is 0 Å². The third-order valence-corrected chi connectivity index (χ3v) is 0. The minimum Gasteiger partial charge on any atom is 3.00 e. The van der Waals surface area contributed by atoms with Crippen LogP contribution in [0.4, 0.5) is 0 Å². The molecule has 0 rings (SSSR count). The van der Waals surface area contributed by atoms with Crippen LogP contribution >= 0.6 is 0 Å². The Labute approximate surface area is 105 Å². The Morgan fingerprint density at radius 3 is 0.438 bits per heavy atom. The Hall–Kier alpha value is 0.262. The van der Waals surface area contributed by atoms with Crippen molar-refractivity contribution in [3.63, 3.8) is 0 Å². The molecule has 0 aliphatic rings. The van der Waals surface area contributed by atoms with Crippen molar-refractivity contribution in [2.45, 2.75) is 0 Å². The van der Waals surface area contributed by atoms with Gasteiger partial charge in [0.25, 0.3) is 0 Å². The minimum absolute atomic E-state index is 0. The van der Waals surface area contributed by atoms with Gasteiger partial charge in [-0.1, -0.05) is 0 Å². The standard InChI is InChI=1S/3Mn.12O.Rh/q;;;;;;;;;;;;3*-1;+3. The molecule has 0 spiro atoms. The van der Waals surface area contributed by atoms with Crippen LogP contribution in [0.25, 0.3) is 0 Å². The normalized spacial score (nSPS) is 10.7. The third kappa shape index (κ3) is 36600. The fourth-order valence-corrected chi connectivity index (χ4v) is 0. The van der Waals surface area contributed by atoms with Crippen LogP contribution in [0.15, 0.2) is 0 Å². The SMILES string of the molecule is [O]=[Mn](=[O])(=[O])[O-].[O]=[Mn](=[O])(=[O])[O-].[O]=[Mn](=[O])(=[O])[O-].[Rh+3]. The number of hydrogen-bond donors (Lipinski definition) is 0. The molecule has 0 aromatic heterocycles. The predicted octanol–water partition coefficient (Wildman–Crippen LogP) is -4.65. The molecule has 0 radical (unpaired) electrons. The molecule has 0 unspecified atom stereocenters. The second-order valence-electron chi connectivity index (χ2n) is 1.13. The average Bonchev–Trinajstić information content (AvgIpc) is 1.41. The molecule has 0 amide bonds. The van der Waals surface area contributed by atoms with Gasteiger partial charge in [-0.05, 0) is 0 Å². The van der Waals surface area contributed by atoms with Crippen LogP contribution in [-0.2, 0) is 92.9 Å². The van der Waals surface area contributed by atoms with Gasteiger partial charge in [0, 0.05) is 0 Å². The molecule has 0 fully saturated rings. The van der Waals surface area contributed by atoms with Crippen LogP contribution in [0.2, 0.25) is 0 Å². The molecule has 0 saturated heterocycles. The number of rotatable bonds is 0. The zero-order valence-electron chi connectivity index (χ0n) is 6.37. The molecule has 16 heteroatoms. The van der Waals surface area contributed by atoms with Crippen molar-refractivity contribution in [1.82, 2.24) is 0 Å². The third-order valence-electron chi connectivity index (χ3n) is 0. The van der Waals surface area contributed by atoms with E-state index >= 15 is 0 Å². The van der Waals surface area contributed by atoms with E-state index in [1.54, 1.807) is 0 Å². The Kier molecular flexibility index (Phi) is 14.7. The number of hydrogen-bond acceptors (Lipinski definition) is 12. The molecule has 102 valence electrons. The molecule has 0 atom stereocenters. The van der Waals surface area contributed by atoms with Crippen LogP contribution in [0.5, 0.6) is 0 Å². The summed E-state index contributed by atoms with van der Waals surface area (Å²) >= 11 is -16.9. The largest absolute Gasteiger partial charge is 3.00 e. The smallest absolute Gasteiger partial charge is 3.00 e. The summed E-state index contributed by atoms with van der Waals surface area (Å²) in [4.78, 5) is 0. The van der Waals surface area contributed by atoms with Crippen LogP contribution in [0.1, 0.15) is 0 Å². The van der Waals surface area contributed by atoms with E-state index in [0.717, 1.165) is 0 Å². The molecule has 0 aromatic rings. The Morgan fingerprint density at radius 1 is 0.438 bits per heavy atom. The second-order valence-corrected chi connectivity index (χ2v) is 4.68. The molecule has 0 heterocycles. The fraction of sp³-hybridized carbons (Fsp3) is 0. The molecular formula is Mn3O12Rh. The molecule has 0 aliphatic carbocycles. The maximum Gasteiger partial charge on any atom is 3.00 e. The van der Waals surface area contributed by atoms with E-state index < -0.39 is 38.9 Å². The molecule has 0 aromatic carbocycles.